The number of ether oxygens (including phenoxy) is 1. The van der Waals surface area contributed by atoms with Gasteiger partial charge in [-0.15, -0.1) is 0 Å². The number of hydrogen-bond donors (Lipinski definition) is 2. The minimum atomic E-state index is 0.170. The maximum absolute atomic E-state index is 5.91. The molecule has 1 aliphatic rings. The largest absolute Gasteiger partial charge is 0.373 e. The van der Waals surface area contributed by atoms with Crippen LogP contribution >= 0.6 is 0 Å². The molecular weight excluding hydrogens is 266 g/mol. The van der Waals surface area contributed by atoms with Gasteiger partial charge in [0, 0.05) is 55.2 Å². The molecular formula is C15H23N5O. The highest BCUT2D eigenvalue weighted by atomic mass is 16.5. The fraction of sp³-hybridized carbons (Fsp3) is 0.600. The lowest BCUT2D eigenvalue weighted by Crippen LogP contribution is -2.24. The van der Waals surface area contributed by atoms with Crippen molar-refractivity contribution in [2.75, 3.05) is 13.2 Å². The van der Waals surface area contributed by atoms with Crippen LogP contribution in [0.15, 0.2) is 18.6 Å². The van der Waals surface area contributed by atoms with Crippen molar-refractivity contribution in [2.45, 2.75) is 39.5 Å². The first kappa shape index (κ1) is 14.3. The van der Waals surface area contributed by atoms with Crippen LogP contribution in [0.5, 0.6) is 0 Å². The van der Waals surface area contributed by atoms with Crippen LogP contribution in [0.4, 0.5) is 0 Å². The number of nitrogens with zero attached hydrogens (tertiary/aromatic N) is 3. The van der Waals surface area contributed by atoms with Crippen molar-refractivity contribution < 1.29 is 4.74 Å². The van der Waals surface area contributed by atoms with Crippen molar-refractivity contribution in [3.63, 3.8) is 0 Å². The van der Waals surface area contributed by atoms with Crippen molar-refractivity contribution in [1.29, 1.82) is 0 Å². The van der Waals surface area contributed by atoms with Gasteiger partial charge in [0.05, 0.1) is 18.5 Å². The molecule has 0 aromatic carbocycles. The first-order valence-corrected chi connectivity index (χ1v) is 7.61. The van der Waals surface area contributed by atoms with Crippen LogP contribution in [0.2, 0.25) is 0 Å². The Morgan fingerprint density at radius 3 is 3.10 bits per heavy atom. The third kappa shape index (κ3) is 3.16. The van der Waals surface area contributed by atoms with Gasteiger partial charge in [-0.05, 0) is 20.3 Å². The van der Waals surface area contributed by atoms with Gasteiger partial charge in [0.2, 0.25) is 0 Å². The van der Waals surface area contributed by atoms with E-state index in [0.717, 1.165) is 38.4 Å². The summed E-state index contributed by atoms with van der Waals surface area (Å²) in [5.74, 6) is 0.506. The monoisotopic (exact) mass is 289 g/mol. The molecule has 1 aliphatic heterocycles. The summed E-state index contributed by atoms with van der Waals surface area (Å²) in [4.78, 5) is 0. The molecule has 1 fully saturated rings. The zero-order chi connectivity index (χ0) is 14.7. The molecule has 0 saturated carbocycles. The Kier molecular flexibility index (Phi) is 4.36. The standard InChI is InChI=1S/C15H23N5O/c1-3-20-10-14(9-18-20)15-12(4-5-21-15)6-16-7-13-8-17-19-11(13)2/h8-10,12,15-16H,3-7H2,1-2H3,(H,17,19)/t12-,15-/m1/s1. The first-order chi connectivity index (χ1) is 10.3. The van der Waals surface area contributed by atoms with E-state index in [-0.39, 0.29) is 6.10 Å². The topological polar surface area (TPSA) is 67.8 Å². The van der Waals surface area contributed by atoms with Gasteiger partial charge >= 0.3 is 0 Å². The Morgan fingerprint density at radius 1 is 1.48 bits per heavy atom. The van der Waals surface area contributed by atoms with E-state index in [4.69, 9.17) is 4.74 Å². The lowest BCUT2D eigenvalue weighted by atomic mass is 9.97. The fourth-order valence-corrected chi connectivity index (χ4v) is 2.86. The predicted octanol–water partition coefficient (Wildman–Crippen LogP) is 1.80. The fourth-order valence-electron chi connectivity index (χ4n) is 2.86. The van der Waals surface area contributed by atoms with E-state index in [1.807, 2.05) is 24.0 Å². The number of aryl methyl sites for hydroxylation is 2. The molecule has 0 spiro atoms. The number of nitrogens with one attached hydrogen (secondary N) is 2. The molecule has 3 rings (SSSR count). The normalized spacial score (nSPS) is 22.0. The molecule has 0 amide bonds. The van der Waals surface area contributed by atoms with Gasteiger partial charge in [-0.25, -0.2) is 0 Å². The highest BCUT2D eigenvalue weighted by Gasteiger charge is 2.30. The minimum absolute atomic E-state index is 0.170. The van der Waals surface area contributed by atoms with Crippen molar-refractivity contribution >= 4 is 0 Å². The Labute approximate surface area is 124 Å². The van der Waals surface area contributed by atoms with Gasteiger partial charge in [0.25, 0.3) is 0 Å². The van der Waals surface area contributed by atoms with Gasteiger partial charge in [0.15, 0.2) is 0 Å². The second kappa shape index (κ2) is 6.41. The van der Waals surface area contributed by atoms with Crippen LogP contribution in [0.25, 0.3) is 0 Å². The predicted molar refractivity (Wildman–Crippen MR) is 79.7 cm³/mol. The second-order valence-corrected chi connectivity index (χ2v) is 5.62. The van der Waals surface area contributed by atoms with Crippen LogP contribution in [0.3, 0.4) is 0 Å². The van der Waals surface area contributed by atoms with Crippen molar-refractivity contribution in [3.05, 3.63) is 35.4 Å². The lowest BCUT2D eigenvalue weighted by molar-refractivity contribution is 0.0904. The molecule has 2 N–H and O–H groups in total. The average Bonchev–Trinajstić information content (AvgIpc) is 3.20. The Hall–Kier alpha value is -1.66. The van der Waals surface area contributed by atoms with E-state index >= 15 is 0 Å². The number of aromatic nitrogens is 4. The van der Waals surface area contributed by atoms with E-state index in [1.54, 1.807) is 0 Å². The van der Waals surface area contributed by atoms with Crippen LogP contribution < -0.4 is 5.32 Å². The summed E-state index contributed by atoms with van der Waals surface area (Å²) in [6.07, 6.45) is 7.19. The maximum Gasteiger partial charge on any atom is 0.0896 e. The SMILES string of the molecule is CCn1cc([C@@H]2OCC[C@@H]2CNCc2cn[nH]c2C)cn1. The average molecular weight is 289 g/mol. The molecule has 6 heteroatoms. The molecule has 21 heavy (non-hydrogen) atoms. The third-order valence-electron chi connectivity index (χ3n) is 4.18. The van der Waals surface area contributed by atoms with E-state index in [1.165, 1.54) is 11.1 Å². The lowest BCUT2D eigenvalue weighted by Gasteiger charge is -2.17. The van der Waals surface area contributed by atoms with Crippen LogP contribution in [-0.2, 0) is 17.8 Å². The summed E-state index contributed by atoms with van der Waals surface area (Å²) in [6.45, 7) is 7.67. The summed E-state index contributed by atoms with van der Waals surface area (Å²) >= 11 is 0. The van der Waals surface area contributed by atoms with Crippen LogP contribution in [0.1, 0.15) is 36.3 Å². The van der Waals surface area contributed by atoms with E-state index in [9.17, 15) is 0 Å². The Bertz CT molecular complexity index is 576. The van der Waals surface area contributed by atoms with Crippen LogP contribution in [-0.4, -0.2) is 33.1 Å². The van der Waals surface area contributed by atoms with Crippen molar-refractivity contribution in [2.24, 2.45) is 5.92 Å². The maximum atomic E-state index is 5.91. The highest BCUT2D eigenvalue weighted by Crippen LogP contribution is 2.33. The van der Waals surface area contributed by atoms with Gasteiger partial charge in [-0.2, -0.15) is 10.2 Å². The molecule has 0 radical (unpaired) electrons. The smallest absolute Gasteiger partial charge is 0.0896 e. The molecule has 114 valence electrons. The summed E-state index contributed by atoms with van der Waals surface area (Å²) in [5.41, 5.74) is 3.55. The summed E-state index contributed by atoms with van der Waals surface area (Å²) in [6, 6.07) is 0. The highest BCUT2D eigenvalue weighted by molar-refractivity contribution is 5.14. The van der Waals surface area contributed by atoms with Gasteiger partial charge in [-0.1, -0.05) is 0 Å². The van der Waals surface area contributed by atoms with Crippen LogP contribution in [0, 0.1) is 12.8 Å². The number of rotatable bonds is 6. The molecule has 2 atom stereocenters. The molecule has 0 unspecified atom stereocenters. The number of hydrogen-bond acceptors (Lipinski definition) is 4. The zero-order valence-electron chi connectivity index (χ0n) is 12.7. The Morgan fingerprint density at radius 2 is 2.38 bits per heavy atom. The first-order valence-electron chi connectivity index (χ1n) is 7.61. The molecule has 0 aliphatic carbocycles. The van der Waals surface area contributed by atoms with E-state index < -0.39 is 0 Å². The third-order valence-corrected chi connectivity index (χ3v) is 4.18. The second-order valence-electron chi connectivity index (χ2n) is 5.62. The van der Waals surface area contributed by atoms with Crippen molar-refractivity contribution in [1.82, 2.24) is 25.3 Å². The molecule has 6 nitrogen and oxygen atoms in total. The quantitative estimate of drug-likeness (QED) is 0.851. The number of H-pyrrole nitrogens is 1. The van der Waals surface area contributed by atoms with Gasteiger partial charge < -0.3 is 10.1 Å². The molecule has 0 bridgehead atoms. The van der Waals surface area contributed by atoms with Crippen molar-refractivity contribution in [3.8, 4) is 0 Å². The summed E-state index contributed by atoms with van der Waals surface area (Å²) in [5, 5.41) is 14.9. The van der Waals surface area contributed by atoms with Gasteiger partial charge in [-0.3, -0.25) is 9.78 Å². The zero-order valence-corrected chi connectivity index (χ0v) is 12.7. The molecule has 1 saturated heterocycles. The Balaban J connectivity index is 1.55. The number of aromatic amines is 1. The molecule has 2 aromatic heterocycles. The van der Waals surface area contributed by atoms with E-state index in [0.29, 0.717) is 5.92 Å². The molecule has 2 aromatic rings. The van der Waals surface area contributed by atoms with Gasteiger partial charge in [0.1, 0.15) is 0 Å². The minimum Gasteiger partial charge on any atom is -0.373 e. The van der Waals surface area contributed by atoms with E-state index in [2.05, 4.69) is 33.7 Å². The molecule has 3 heterocycles. The summed E-state index contributed by atoms with van der Waals surface area (Å²) < 4.78 is 7.86. The summed E-state index contributed by atoms with van der Waals surface area (Å²) in [7, 11) is 0.